The molecule has 0 aromatic rings. The van der Waals surface area contributed by atoms with Crippen LogP contribution in [0.2, 0.25) is 0 Å². The van der Waals surface area contributed by atoms with Crippen molar-refractivity contribution in [3.05, 3.63) is 0 Å². The van der Waals surface area contributed by atoms with E-state index in [-0.39, 0.29) is 6.03 Å². The van der Waals surface area contributed by atoms with Gasteiger partial charge < -0.3 is 4.90 Å². The second-order valence-corrected chi connectivity index (χ2v) is 5.70. The van der Waals surface area contributed by atoms with Gasteiger partial charge in [-0.25, -0.2) is 4.79 Å². The van der Waals surface area contributed by atoms with E-state index in [1.165, 1.54) is 6.42 Å². The number of nitrogens with one attached hydrogen (secondary N) is 1. The predicted octanol–water partition coefficient (Wildman–Crippen LogP) is 1.02. The fourth-order valence-electron chi connectivity index (χ4n) is 2.67. The maximum atomic E-state index is 12.0. The van der Waals surface area contributed by atoms with E-state index in [1.54, 1.807) is 11.8 Å². The van der Waals surface area contributed by atoms with Gasteiger partial charge in [-0.05, 0) is 32.7 Å². The smallest absolute Gasteiger partial charge is 0.323 e. The van der Waals surface area contributed by atoms with Gasteiger partial charge in [0.05, 0.1) is 0 Å². The Morgan fingerprint density at radius 3 is 2.72 bits per heavy atom. The van der Waals surface area contributed by atoms with Gasteiger partial charge >= 0.3 is 6.03 Å². The summed E-state index contributed by atoms with van der Waals surface area (Å²) in [7, 11) is 0. The van der Waals surface area contributed by atoms with Crippen molar-refractivity contribution in [1.82, 2.24) is 15.1 Å². The van der Waals surface area contributed by atoms with Crippen LogP contribution in [-0.4, -0.2) is 59.3 Å². The third-order valence-corrected chi connectivity index (χ3v) is 3.88. The minimum absolute atomic E-state index is 0.304. The molecule has 0 aliphatic carbocycles. The van der Waals surface area contributed by atoms with Crippen molar-refractivity contribution in [2.45, 2.75) is 37.6 Å². The first-order chi connectivity index (χ1) is 8.58. The second-order valence-electron chi connectivity index (χ2n) is 5.04. The molecule has 2 aliphatic rings. The minimum Gasteiger partial charge on any atom is -0.323 e. The summed E-state index contributed by atoms with van der Waals surface area (Å²) < 4.78 is 0. The van der Waals surface area contributed by atoms with E-state index in [1.807, 2.05) is 0 Å². The number of nitrogens with zero attached hydrogens (tertiary/aromatic N) is 2. The molecule has 0 aromatic carbocycles. The van der Waals surface area contributed by atoms with E-state index in [4.69, 9.17) is 11.6 Å². The molecule has 0 aromatic heterocycles. The summed E-state index contributed by atoms with van der Waals surface area (Å²) in [6.07, 6.45) is 3.32. The second kappa shape index (κ2) is 5.89. The Hall–Kier alpha value is -0.810. The third kappa shape index (κ3) is 3.14. The third-order valence-electron chi connectivity index (χ3n) is 3.68. The number of amides is 3. The topological polar surface area (TPSA) is 52.7 Å². The van der Waals surface area contributed by atoms with E-state index in [9.17, 15) is 9.59 Å². The number of imide groups is 1. The average molecular weight is 274 g/mol. The molecule has 0 bridgehead atoms. The first kappa shape index (κ1) is 13.6. The molecule has 2 aliphatic heterocycles. The van der Waals surface area contributed by atoms with Crippen LogP contribution in [0, 0.1) is 0 Å². The number of rotatable bonds is 1. The fourth-order valence-corrected chi connectivity index (χ4v) is 2.73. The Morgan fingerprint density at radius 1 is 1.28 bits per heavy atom. The number of hydrogen-bond donors (Lipinski definition) is 1. The maximum Gasteiger partial charge on any atom is 0.324 e. The van der Waals surface area contributed by atoms with E-state index in [0.717, 1.165) is 32.5 Å². The zero-order valence-electron chi connectivity index (χ0n) is 10.7. The molecule has 2 fully saturated rings. The number of carbonyl (C=O) groups excluding carboxylic acids is 2. The van der Waals surface area contributed by atoms with Crippen molar-refractivity contribution in [3.8, 4) is 0 Å². The number of halogens is 1. The van der Waals surface area contributed by atoms with E-state index >= 15 is 0 Å². The molecule has 2 saturated heterocycles. The zero-order valence-corrected chi connectivity index (χ0v) is 11.4. The van der Waals surface area contributed by atoms with Gasteiger partial charge in [0.1, 0.15) is 5.38 Å². The molecular formula is C12H20ClN3O2. The van der Waals surface area contributed by atoms with Gasteiger partial charge in [-0.3, -0.25) is 15.0 Å². The Bertz CT molecular complexity index is 335. The van der Waals surface area contributed by atoms with Crippen LogP contribution in [0.3, 0.4) is 0 Å². The SMILES string of the molecule is CC(Cl)C(=O)NC(=O)N1CCCN2CCCC2C1. The number of hydrogen-bond acceptors (Lipinski definition) is 3. The van der Waals surface area contributed by atoms with Crippen LogP contribution >= 0.6 is 11.6 Å². The molecule has 2 rings (SSSR count). The van der Waals surface area contributed by atoms with Gasteiger partial charge in [-0.2, -0.15) is 0 Å². The summed E-state index contributed by atoms with van der Waals surface area (Å²) in [5.74, 6) is -0.422. The Kier molecular flexibility index (Phi) is 4.45. The molecule has 3 amide bonds. The Morgan fingerprint density at radius 2 is 2.00 bits per heavy atom. The number of fused-ring (bicyclic) bond motifs is 1. The molecule has 0 spiro atoms. The van der Waals surface area contributed by atoms with Crippen LogP contribution in [0.1, 0.15) is 26.2 Å². The van der Waals surface area contributed by atoms with Gasteiger partial charge in [-0.15, -0.1) is 11.6 Å². The quantitative estimate of drug-likeness (QED) is 0.726. The summed E-state index contributed by atoms with van der Waals surface area (Å²) in [6, 6.07) is 0.156. The molecule has 2 unspecified atom stereocenters. The monoisotopic (exact) mass is 273 g/mol. The van der Waals surface area contributed by atoms with Crippen LogP contribution in [0.15, 0.2) is 0 Å². The lowest BCUT2D eigenvalue weighted by atomic mass is 10.2. The highest BCUT2D eigenvalue weighted by atomic mass is 35.5. The summed E-state index contributed by atoms with van der Waals surface area (Å²) in [5.41, 5.74) is 0. The number of alkyl halides is 1. The molecule has 2 heterocycles. The minimum atomic E-state index is -0.677. The van der Waals surface area contributed by atoms with E-state index < -0.39 is 11.3 Å². The van der Waals surface area contributed by atoms with Crippen molar-refractivity contribution in [2.24, 2.45) is 0 Å². The summed E-state index contributed by atoms with van der Waals surface area (Å²) in [5, 5.41) is 1.68. The van der Waals surface area contributed by atoms with Crippen molar-refractivity contribution < 1.29 is 9.59 Å². The molecule has 1 N–H and O–H groups in total. The first-order valence-electron chi connectivity index (χ1n) is 6.56. The van der Waals surface area contributed by atoms with Crippen molar-refractivity contribution in [2.75, 3.05) is 26.2 Å². The fraction of sp³-hybridized carbons (Fsp3) is 0.833. The van der Waals surface area contributed by atoms with E-state index in [2.05, 4.69) is 10.2 Å². The van der Waals surface area contributed by atoms with E-state index in [0.29, 0.717) is 12.6 Å². The Balaban J connectivity index is 1.91. The molecule has 0 radical (unpaired) electrons. The molecular weight excluding hydrogens is 254 g/mol. The van der Waals surface area contributed by atoms with Crippen molar-refractivity contribution >= 4 is 23.5 Å². The van der Waals surface area contributed by atoms with Gasteiger partial charge in [-0.1, -0.05) is 0 Å². The lowest BCUT2D eigenvalue weighted by Crippen LogP contribution is -2.47. The number of carbonyl (C=O) groups is 2. The lowest BCUT2D eigenvalue weighted by Gasteiger charge is -2.25. The summed E-state index contributed by atoms with van der Waals surface area (Å²) >= 11 is 5.64. The first-order valence-corrected chi connectivity index (χ1v) is 6.99. The highest BCUT2D eigenvalue weighted by molar-refractivity contribution is 6.31. The Labute approximate surface area is 112 Å². The van der Waals surface area contributed by atoms with Crippen LogP contribution in [-0.2, 0) is 4.79 Å². The standard InChI is InChI=1S/C12H20ClN3O2/c1-9(13)11(17)14-12(18)16-7-3-6-15-5-2-4-10(15)8-16/h9-10H,2-8H2,1H3,(H,14,17,18). The largest absolute Gasteiger partial charge is 0.324 e. The maximum absolute atomic E-state index is 12.0. The molecule has 2 atom stereocenters. The zero-order chi connectivity index (χ0) is 13.1. The summed E-state index contributed by atoms with van der Waals surface area (Å²) in [4.78, 5) is 27.6. The van der Waals surface area contributed by atoms with Crippen LogP contribution in [0.5, 0.6) is 0 Å². The average Bonchev–Trinajstić information content (AvgIpc) is 2.66. The molecule has 18 heavy (non-hydrogen) atoms. The van der Waals surface area contributed by atoms with Gasteiger partial charge in [0.15, 0.2) is 0 Å². The molecule has 5 nitrogen and oxygen atoms in total. The van der Waals surface area contributed by atoms with Crippen molar-refractivity contribution in [3.63, 3.8) is 0 Å². The van der Waals surface area contributed by atoms with Gasteiger partial charge in [0.25, 0.3) is 0 Å². The summed E-state index contributed by atoms with van der Waals surface area (Å²) in [6.45, 7) is 5.18. The predicted molar refractivity (Wildman–Crippen MR) is 69.6 cm³/mol. The number of urea groups is 1. The van der Waals surface area contributed by atoms with Gasteiger partial charge in [0.2, 0.25) is 5.91 Å². The van der Waals surface area contributed by atoms with Gasteiger partial charge in [0, 0.05) is 25.7 Å². The molecule has 102 valence electrons. The highest BCUT2D eigenvalue weighted by Gasteiger charge is 2.31. The van der Waals surface area contributed by atoms with Crippen LogP contribution in [0.25, 0.3) is 0 Å². The van der Waals surface area contributed by atoms with Crippen LogP contribution in [0.4, 0.5) is 4.79 Å². The normalized spacial score (nSPS) is 26.3. The molecule has 6 heteroatoms. The molecule has 0 saturated carbocycles. The van der Waals surface area contributed by atoms with Crippen molar-refractivity contribution in [1.29, 1.82) is 0 Å². The highest BCUT2D eigenvalue weighted by Crippen LogP contribution is 2.21. The van der Waals surface area contributed by atoms with Crippen LogP contribution < -0.4 is 5.32 Å². The lowest BCUT2D eigenvalue weighted by molar-refractivity contribution is -0.119.